The van der Waals surface area contributed by atoms with Crippen LogP contribution in [0, 0.1) is 0 Å². The maximum absolute atomic E-state index is 13.0. The molecule has 9 nitrogen and oxygen atoms in total. The molecule has 0 unspecified atom stereocenters. The van der Waals surface area contributed by atoms with Gasteiger partial charge in [-0.15, -0.1) is 5.10 Å². The van der Waals surface area contributed by atoms with Crippen LogP contribution in [-0.4, -0.2) is 35.7 Å². The summed E-state index contributed by atoms with van der Waals surface area (Å²) in [5.41, 5.74) is 2.18. The first-order valence-electron chi connectivity index (χ1n) is 10.3. The molecule has 0 saturated carbocycles. The molecule has 0 fully saturated rings. The maximum Gasteiger partial charge on any atom is 0.274 e. The van der Waals surface area contributed by atoms with Gasteiger partial charge in [-0.1, -0.05) is 42.5 Å². The number of nitrogens with zero attached hydrogens (tertiary/aromatic N) is 6. The summed E-state index contributed by atoms with van der Waals surface area (Å²) >= 11 is 0. The number of nitrogens with one attached hydrogen (secondary N) is 1. The largest absolute Gasteiger partial charge is 0.345 e. The lowest BCUT2D eigenvalue weighted by Crippen LogP contribution is -2.29. The molecule has 0 spiro atoms. The van der Waals surface area contributed by atoms with E-state index in [1.807, 2.05) is 60.7 Å². The van der Waals surface area contributed by atoms with Crippen molar-refractivity contribution >= 4 is 16.7 Å². The highest BCUT2D eigenvalue weighted by molar-refractivity contribution is 5.92. The molecule has 3 aromatic heterocycles. The van der Waals surface area contributed by atoms with E-state index in [-0.39, 0.29) is 30.2 Å². The van der Waals surface area contributed by atoms with Gasteiger partial charge >= 0.3 is 0 Å². The molecule has 1 amide bonds. The molecule has 5 rings (SSSR count). The van der Waals surface area contributed by atoms with Gasteiger partial charge in [0.05, 0.1) is 36.1 Å². The van der Waals surface area contributed by atoms with Crippen LogP contribution < -0.4 is 10.9 Å². The van der Waals surface area contributed by atoms with Crippen LogP contribution in [0.4, 0.5) is 0 Å². The third-order valence-electron chi connectivity index (χ3n) is 5.13. The van der Waals surface area contributed by atoms with Crippen molar-refractivity contribution in [3.8, 4) is 5.69 Å². The van der Waals surface area contributed by atoms with Crippen LogP contribution in [0.1, 0.15) is 21.7 Å². The second-order valence-corrected chi connectivity index (χ2v) is 7.35. The Morgan fingerprint density at radius 2 is 1.67 bits per heavy atom. The van der Waals surface area contributed by atoms with Crippen molar-refractivity contribution in [2.45, 2.75) is 13.1 Å². The fourth-order valence-corrected chi connectivity index (χ4v) is 3.52. The minimum Gasteiger partial charge on any atom is -0.345 e. The molecule has 9 heteroatoms. The Balaban J connectivity index is 1.40. The molecule has 0 saturated heterocycles. The number of carbonyl (C=O) groups excluding carboxylic acids is 1. The second kappa shape index (κ2) is 8.83. The van der Waals surface area contributed by atoms with E-state index in [2.05, 4.69) is 25.6 Å². The van der Waals surface area contributed by atoms with E-state index < -0.39 is 0 Å². The zero-order chi connectivity index (χ0) is 22.6. The summed E-state index contributed by atoms with van der Waals surface area (Å²) in [6.45, 7) is 0.411. The van der Waals surface area contributed by atoms with Gasteiger partial charge in [0.25, 0.3) is 11.5 Å². The number of hydrogen-bond donors (Lipinski definition) is 1. The Labute approximate surface area is 188 Å². The van der Waals surface area contributed by atoms with E-state index in [1.165, 1.54) is 15.7 Å². The fourth-order valence-electron chi connectivity index (χ4n) is 3.52. The van der Waals surface area contributed by atoms with Gasteiger partial charge in [0.2, 0.25) is 0 Å². The fraction of sp³-hybridized carbons (Fsp3) is 0.0833. The molecular formula is C24H19N7O2. The van der Waals surface area contributed by atoms with E-state index in [0.717, 1.165) is 11.3 Å². The molecule has 2 aromatic carbocycles. The van der Waals surface area contributed by atoms with Gasteiger partial charge in [-0.3, -0.25) is 14.6 Å². The van der Waals surface area contributed by atoms with Crippen molar-refractivity contribution < 1.29 is 4.79 Å². The topological polar surface area (TPSA) is 108 Å². The molecule has 0 atom stereocenters. The highest BCUT2D eigenvalue weighted by Crippen LogP contribution is 2.14. The average Bonchev–Trinajstić information content (AvgIpc) is 3.37. The molecular weight excluding hydrogens is 418 g/mol. The molecule has 0 radical (unpaired) electrons. The average molecular weight is 437 g/mol. The van der Waals surface area contributed by atoms with Crippen molar-refractivity contribution in [3.05, 3.63) is 113 Å². The number of fused-ring (bicyclic) bond motifs is 1. The van der Waals surface area contributed by atoms with E-state index in [4.69, 9.17) is 0 Å². The summed E-state index contributed by atoms with van der Waals surface area (Å²) in [6, 6.07) is 20.3. The van der Waals surface area contributed by atoms with Crippen molar-refractivity contribution in [2.75, 3.05) is 0 Å². The summed E-state index contributed by atoms with van der Waals surface area (Å²) in [6.07, 6.45) is 4.78. The SMILES string of the molecule is O=C(NCc1nn(Cc2cccnc2)c(=O)c2ccccc12)c1cnn(-c2ccccc2)n1. The van der Waals surface area contributed by atoms with Gasteiger partial charge in [-0.25, -0.2) is 4.68 Å². The molecule has 0 aliphatic rings. The zero-order valence-electron chi connectivity index (χ0n) is 17.5. The van der Waals surface area contributed by atoms with Crippen molar-refractivity contribution in [1.82, 2.24) is 35.1 Å². The molecule has 162 valence electrons. The quantitative estimate of drug-likeness (QED) is 0.437. The number of para-hydroxylation sites is 1. The van der Waals surface area contributed by atoms with E-state index in [1.54, 1.807) is 18.5 Å². The highest BCUT2D eigenvalue weighted by Gasteiger charge is 2.15. The van der Waals surface area contributed by atoms with Crippen LogP contribution in [0.25, 0.3) is 16.5 Å². The second-order valence-electron chi connectivity index (χ2n) is 7.35. The third-order valence-corrected chi connectivity index (χ3v) is 5.13. The number of amides is 1. The lowest BCUT2D eigenvalue weighted by atomic mass is 10.1. The number of hydrogen-bond acceptors (Lipinski definition) is 6. The summed E-state index contributed by atoms with van der Waals surface area (Å²) < 4.78 is 1.40. The van der Waals surface area contributed by atoms with Crippen LogP contribution in [0.3, 0.4) is 0 Å². The monoisotopic (exact) mass is 437 g/mol. The lowest BCUT2D eigenvalue weighted by Gasteiger charge is -2.11. The standard InChI is InChI=1S/C24H19N7O2/c32-23(22-15-27-31(29-22)18-8-2-1-3-9-18)26-14-21-19-10-4-5-11-20(19)24(33)30(28-21)16-17-7-6-12-25-13-17/h1-13,15H,14,16H2,(H,26,32). The summed E-state index contributed by atoms with van der Waals surface area (Å²) in [7, 11) is 0. The minimum atomic E-state index is -0.381. The van der Waals surface area contributed by atoms with Crippen molar-refractivity contribution in [3.63, 3.8) is 0 Å². The lowest BCUT2D eigenvalue weighted by molar-refractivity contribution is 0.0945. The number of pyridine rings is 1. The minimum absolute atomic E-state index is 0.130. The molecule has 0 bridgehead atoms. The third kappa shape index (κ3) is 4.24. The Hall–Kier alpha value is -4.66. The predicted molar refractivity (Wildman–Crippen MR) is 122 cm³/mol. The first kappa shape index (κ1) is 20.3. The summed E-state index contributed by atoms with van der Waals surface area (Å²) in [4.78, 5) is 31.2. The molecule has 5 aromatic rings. The van der Waals surface area contributed by atoms with E-state index in [0.29, 0.717) is 16.5 Å². The normalized spacial score (nSPS) is 10.9. The van der Waals surface area contributed by atoms with E-state index >= 15 is 0 Å². The van der Waals surface area contributed by atoms with Gasteiger partial charge in [-0.2, -0.15) is 15.0 Å². The number of carbonyl (C=O) groups is 1. The molecule has 3 heterocycles. The first-order valence-corrected chi connectivity index (χ1v) is 10.3. The number of benzene rings is 2. The summed E-state index contributed by atoms with van der Waals surface area (Å²) in [5, 5.41) is 17.0. The van der Waals surface area contributed by atoms with Crippen LogP contribution in [-0.2, 0) is 13.1 Å². The van der Waals surface area contributed by atoms with Gasteiger partial charge in [0.15, 0.2) is 5.69 Å². The van der Waals surface area contributed by atoms with Gasteiger partial charge in [0.1, 0.15) is 0 Å². The Morgan fingerprint density at radius 1 is 0.879 bits per heavy atom. The smallest absolute Gasteiger partial charge is 0.274 e. The summed E-state index contributed by atoms with van der Waals surface area (Å²) in [5.74, 6) is -0.381. The first-order chi connectivity index (χ1) is 16.2. The Morgan fingerprint density at radius 3 is 2.45 bits per heavy atom. The van der Waals surface area contributed by atoms with Crippen molar-refractivity contribution in [1.29, 1.82) is 0 Å². The van der Waals surface area contributed by atoms with Gasteiger partial charge in [-0.05, 0) is 29.8 Å². The number of aromatic nitrogens is 6. The Kier molecular flexibility index (Phi) is 5.42. The van der Waals surface area contributed by atoms with Crippen molar-refractivity contribution in [2.24, 2.45) is 0 Å². The van der Waals surface area contributed by atoms with Crippen LogP contribution in [0.5, 0.6) is 0 Å². The van der Waals surface area contributed by atoms with E-state index in [9.17, 15) is 9.59 Å². The molecule has 0 aliphatic heterocycles. The molecule has 0 aliphatic carbocycles. The van der Waals surface area contributed by atoms with Crippen LogP contribution in [0.2, 0.25) is 0 Å². The van der Waals surface area contributed by atoms with Crippen LogP contribution >= 0.6 is 0 Å². The highest BCUT2D eigenvalue weighted by atomic mass is 16.2. The Bertz CT molecular complexity index is 1480. The van der Waals surface area contributed by atoms with Gasteiger partial charge < -0.3 is 5.32 Å². The van der Waals surface area contributed by atoms with Crippen LogP contribution in [0.15, 0.2) is 90.1 Å². The molecule has 1 N–H and O–H groups in total. The molecule has 33 heavy (non-hydrogen) atoms. The maximum atomic E-state index is 13.0. The number of rotatable bonds is 6. The zero-order valence-corrected chi connectivity index (χ0v) is 17.5. The van der Waals surface area contributed by atoms with Gasteiger partial charge in [0, 0.05) is 17.8 Å². The predicted octanol–water partition coefficient (Wildman–Crippen LogP) is 2.35.